The summed E-state index contributed by atoms with van der Waals surface area (Å²) in [5.41, 5.74) is 1.23. The van der Waals surface area contributed by atoms with Gasteiger partial charge in [-0.1, -0.05) is 30.3 Å². The minimum Gasteiger partial charge on any atom is -0.375 e. The second-order valence-electron chi connectivity index (χ2n) is 6.32. The molecule has 6 heteroatoms. The molecule has 3 atom stereocenters. The average molecular weight is 324 g/mol. The molecule has 3 rings (SSSR count). The molecule has 0 aliphatic carbocycles. The number of ether oxygens (including phenoxy) is 1. The third-order valence-electron chi connectivity index (χ3n) is 4.60. The van der Waals surface area contributed by atoms with Crippen LogP contribution in [0.15, 0.2) is 30.3 Å². The van der Waals surface area contributed by atoms with E-state index < -0.39 is 10.2 Å². The van der Waals surface area contributed by atoms with Crippen molar-refractivity contribution < 1.29 is 13.2 Å². The van der Waals surface area contributed by atoms with Crippen LogP contribution in [-0.2, 0) is 14.9 Å². The highest BCUT2D eigenvalue weighted by atomic mass is 32.2. The fraction of sp³-hybridized carbons (Fsp3) is 0.625. The predicted molar refractivity (Wildman–Crippen MR) is 85.9 cm³/mol. The van der Waals surface area contributed by atoms with Crippen LogP contribution in [0.3, 0.4) is 0 Å². The monoisotopic (exact) mass is 324 g/mol. The molecule has 2 saturated heterocycles. The Morgan fingerprint density at radius 1 is 1.14 bits per heavy atom. The van der Waals surface area contributed by atoms with Gasteiger partial charge >= 0.3 is 0 Å². The second kappa shape index (κ2) is 6.28. The van der Waals surface area contributed by atoms with E-state index in [1.165, 1.54) is 5.56 Å². The second-order valence-corrected chi connectivity index (χ2v) is 8.21. The lowest BCUT2D eigenvalue weighted by molar-refractivity contribution is -0.0188. The molecule has 1 aromatic carbocycles. The molecule has 0 spiro atoms. The predicted octanol–water partition coefficient (Wildman–Crippen LogP) is 1.83. The van der Waals surface area contributed by atoms with E-state index in [2.05, 4.69) is 12.1 Å². The van der Waals surface area contributed by atoms with Crippen LogP contribution in [-0.4, -0.2) is 55.4 Å². The zero-order chi connectivity index (χ0) is 15.7. The summed E-state index contributed by atoms with van der Waals surface area (Å²) in [7, 11) is -3.40. The van der Waals surface area contributed by atoms with Gasteiger partial charge in [0, 0.05) is 25.7 Å². The number of nitrogens with zero attached hydrogens (tertiary/aromatic N) is 2. The summed E-state index contributed by atoms with van der Waals surface area (Å²) >= 11 is 0. The zero-order valence-electron chi connectivity index (χ0n) is 13.2. The van der Waals surface area contributed by atoms with Crippen molar-refractivity contribution in [3.8, 4) is 0 Å². The zero-order valence-corrected chi connectivity index (χ0v) is 14.0. The molecular weight excluding hydrogens is 300 g/mol. The Hall–Kier alpha value is -0.950. The van der Waals surface area contributed by atoms with Gasteiger partial charge in [-0.3, -0.25) is 0 Å². The molecule has 5 nitrogen and oxygen atoms in total. The summed E-state index contributed by atoms with van der Waals surface area (Å²) in [5.74, 6) is 0.296. The highest BCUT2D eigenvalue weighted by Gasteiger charge is 2.40. The van der Waals surface area contributed by atoms with Crippen molar-refractivity contribution in [2.75, 3.05) is 26.2 Å². The molecule has 0 bridgehead atoms. The van der Waals surface area contributed by atoms with E-state index in [0.29, 0.717) is 32.2 Å². The number of hydrogen-bond donors (Lipinski definition) is 0. The molecule has 2 heterocycles. The SMILES string of the molecule is C[C@@H]1CN(S(=O)(=O)N2CC[C@H](c3ccccc3)C2)[C@H](C)CO1. The summed E-state index contributed by atoms with van der Waals surface area (Å²) in [4.78, 5) is 0. The lowest BCUT2D eigenvalue weighted by atomic mass is 9.99. The summed E-state index contributed by atoms with van der Waals surface area (Å²) in [6, 6.07) is 10.1. The third kappa shape index (κ3) is 3.06. The molecule has 1 aromatic rings. The number of rotatable bonds is 3. The van der Waals surface area contributed by atoms with Gasteiger partial charge in [0.15, 0.2) is 0 Å². The highest BCUT2D eigenvalue weighted by Crippen LogP contribution is 2.30. The van der Waals surface area contributed by atoms with Crippen molar-refractivity contribution in [2.24, 2.45) is 0 Å². The van der Waals surface area contributed by atoms with Gasteiger partial charge in [-0.05, 0) is 31.7 Å². The molecule has 0 N–H and O–H groups in total. The summed E-state index contributed by atoms with van der Waals surface area (Å²) in [6.45, 7) is 5.91. The Kier molecular flexibility index (Phi) is 4.54. The highest BCUT2D eigenvalue weighted by molar-refractivity contribution is 7.86. The number of hydrogen-bond acceptors (Lipinski definition) is 3. The maximum absolute atomic E-state index is 12.9. The van der Waals surface area contributed by atoms with E-state index in [1.54, 1.807) is 8.61 Å². The van der Waals surface area contributed by atoms with Gasteiger partial charge in [0.2, 0.25) is 0 Å². The normalized spacial score (nSPS) is 31.5. The van der Waals surface area contributed by atoms with Gasteiger partial charge in [-0.2, -0.15) is 17.0 Å². The fourth-order valence-corrected chi connectivity index (χ4v) is 5.19. The summed E-state index contributed by atoms with van der Waals surface area (Å²) in [6.07, 6.45) is 0.843. The van der Waals surface area contributed by atoms with Crippen LogP contribution < -0.4 is 0 Å². The maximum atomic E-state index is 12.9. The lowest BCUT2D eigenvalue weighted by Crippen LogP contribution is -2.54. The Balaban J connectivity index is 1.74. The molecule has 0 radical (unpaired) electrons. The molecule has 0 unspecified atom stereocenters. The van der Waals surface area contributed by atoms with Crippen LogP contribution in [0.5, 0.6) is 0 Å². The Morgan fingerprint density at radius 2 is 1.86 bits per heavy atom. The molecule has 2 aliphatic heterocycles. The van der Waals surface area contributed by atoms with Gasteiger partial charge in [-0.15, -0.1) is 0 Å². The lowest BCUT2D eigenvalue weighted by Gasteiger charge is -2.37. The smallest absolute Gasteiger partial charge is 0.282 e. The van der Waals surface area contributed by atoms with Crippen LogP contribution in [0.4, 0.5) is 0 Å². The maximum Gasteiger partial charge on any atom is 0.282 e. The Labute approximate surface area is 133 Å². The van der Waals surface area contributed by atoms with Crippen LogP contribution in [0.25, 0.3) is 0 Å². The molecule has 0 amide bonds. The Morgan fingerprint density at radius 3 is 2.59 bits per heavy atom. The first-order valence-electron chi connectivity index (χ1n) is 7.92. The van der Waals surface area contributed by atoms with Crippen LogP contribution in [0.1, 0.15) is 31.7 Å². The van der Waals surface area contributed by atoms with Crippen molar-refractivity contribution in [1.82, 2.24) is 8.61 Å². The van der Waals surface area contributed by atoms with Crippen molar-refractivity contribution in [3.05, 3.63) is 35.9 Å². The van der Waals surface area contributed by atoms with Crippen molar-refractivity contribution in [3.63, 3.8) is 0 Å². The fourth-order valence-electron chi connectivity index (χ4n) is 3.28. The van der Waals surface area contributed by atoms with E-state index in [9.17, 15) is 8.42 Å². The van der Waals surface area contributed by atoms with Crippen LogP contribution in [0, 0.1) is 0 Å². The van der Waals surface area contributed by atoms with E-state index in [0.717, 1.165) is 6.42 Å². The molecule has 2 fully saturated rings. The van der Waals surface area contributed by atoms with Crippen molar-refractivity contribution >= 4 is 10.2 Å². The quantitative estimate of drug-likeness (QED) is 0.852. The third-order valence-corrected chi connectivity index (χ3v) is 6.68. The first-order chi connectivity index (χ1) is 10.5. The van der Waals surface area contributed by atoms with E-state index in [4.69, 9.17) is 4.74 Å². The average Bonchev–Trinajstić information content (AvgIpc) is 3.01. The standard InChI is InChI=1S/C16H24N2O3S/c1-13-12-21-14(2)10-18(13)22(19,20)17-9-8-16(11-17)15-6-4-3-5-7-15/h3-7,13-14,16H,8-12H2,1-2H3/t13-,14-,16+/m1/s1. The van der Waals surface area contributed by atoms with Crippen molar-refractivity contribution in [2.45, 2.75) is 38.3 Å². The first kappa shape index (κ1) is 15.9. The minimum absolute atomic E-state index is 0.0431. The van der Waals surface area contributed by atoms with Crippen molar-refractivity contribution in [1.29, 1.82) is 0 Å². The molecular formula is C16H24N2O3S. The van der Waals surface area contributed by atoms with Gasteiger partial charge in [0.1, 0.15) is 0 Å². The summed E-state index contributed by atoms with van der Waals surface area (Å²) < 4.78 is 34.6. The topological polar surface area (TPSA) is 49.9 Å². The van der Waals surface area contributed by atoms with Crippen LogP contribution in [0.2, 0.25) is 0 Å². The number of benzene rings is 1. The summed E-state index contributed by atoms with van der Waals surface area (Å²) in [5, 5.41) is 0. The Bertz CT molecular complexity index is 605. The number of morpholine rings is 1. The van der Waals surface area contributed by atoms with Gasteiger partial charge in [0.05, 0.1) is 12.7 Å². The van der Waals surface area contributed by atoms with E-state index >= 15 is 0 Å². The molecule has 0 saturated carbocycles. The minimum atomic E-state index is -3.40. The first-order valence-corrected chi connectivity index (χ1v) is 9.31. The largest absolute Gasteiger partial charge is 0.375 e. The molecule has 122 valence electrons. The van der Waals surface area contributed by atoms with Gasteiger partial charge in [-0.25, -0.2) is 0 Å². The molecule has 2 aliphatic rings. The van der Waals surface area contributed by atoms with E-state index in [-0.39, 0.29) is 12.1 Å². The van der Waals surface area contributed by atoms with Gasteiger partial charge in [0.25, 0.3) is 10.2 Å². The van der Waals surface area contributed by atoms with Crippen LogP contribution >= 0.6 is 0 Å². The van der Waals surface area contributed by atoms with E-state index in [1.807, 2.05) is 32.0 Å². The van der Waals surface area contributed by atoms with Gasteiger partial charge < -0.3 is 4.74 Å². The molecule has 22 heavy (non-hydrogen) atoms. The molecule has 0 aromatic heterocycles.